The Labute approximate surface area is 295 Å². The first-order valence-electron chi connectivity index (χ1n) is 18.3. The van der Waals surface area contributed by atoms with Gasteiger partial charge in [0.15, 0.2) is 0 Å². The maximum Gasteiger partial charge on any atom is 0.297 e. The van der Waals surface area contributed by atoms with Crippen LogP contribution in [0.4, 0.5) is 0 Å². The lowest BCUT2D eigenvalue weighted by Gasteiger charge is -2.36. The molecule has 0 fully saturated rings. The summed E-state index contributed by atoms with van der Waals surface area (Å²) in [6, 6.07) is 35.0. The predicted octanol–water partition coefficient (Wildman–Crippen LogP) is 10.3. The minimum absolute atomic E-state index is 0.158. The minimum atomic E-state index is -4.19. The van der Waals surface area contributed by atoms with E-state index in [1.807, 2.05) is 104 Å². The van der Waals surface area contributed by atoms with Crippen molar-refractivity contribution in [3.05, 3.63) is 137 Å². The number of hydrogen-bond acceptors (Lipinski definition) is 5. The molecule has 1 atom stereocenters. The summed E-state index contributed by atoms with van der Waals surface area (Å²) >= 11 is 0. The van der Waals surface area contributed by atoms with E-state index in [2.05, 4.69) is 6.92 Å². The lowest BCUT2D eigenvalue weighted by atomic mass is 9.80. The third-order valence-corrected chi connectivity index (χ3v) is 10.7. The molecular weight excluding hydrogens is 629 g/mol. The highest BCUT2D eigenvalue weighted by Crippen LogP contribution is 2.40. The molecule has 4 aromatic rings. The molecule has 1 unspecified atom stereocenters. The van der Waals surface area contributed by atoms with Crippen LogP contribution in [-0.2, 0) is 31.1 Å². The fraction of sp³-hybridized carbons (Fsp3) is 0.442. The van der Waals surface area contributed by atoms with Gasteiger partial charge in [0.1, 0.15) is 11.7 Å². The van der Waals surface area contributed by atoms with Gasteiger partial charge < -0.3 is 9.84 Å². The van der Waals surface area contributed by atoms with Crippen LogP contribution in [0, 0.1) is 6.92 Å². The molecule has 6 heteroatoms. The maximum absolute atomic E-state index is 13.8. The normalized spacial score (nSPS) is 12.6. The standard InChI is InChI=1S/C43H56O5S/c1-3-4-5-6-7-8-9-10-11-12-13-17-24-37-33-36(2)31-32-42(37)49(45,46)48-41(34-44)35-47-43(38-25-18-14-19-26-38,39-27-20-15-21-28-39)40-29-22-16-23-30-40/h14-16,18-23,25-33,41,44H,3-13,17,24,34-35H2,1-2H3. The third-order valence-electron chi connectivity index (χ3n) is 9.28. The lowest BCUT2D eigenvalue weighted by molar-refractivity contribution is -0.0422. The van der Waals surface area contributed by atoms with Gasteiger partial charge in [-0.1, -0.05) is 186 Å². The Hall–Kier alpha value is -3.29. The van der Waals surface area contributed by atoms with Crippen LogP contribution in [0.15, 0.2) is 114 Å². The van der Waals surface area contributed by atoms with E-state index in [-0.39, 0.29) is 11.5 Å². The zero-order valence-corrected chi connectivity index (χ0v) is 30.4. The van der Waals surface area contributed by atoms with Crippen molar-refractivity contribution in [2.24, 2.45) is 0 Å². The fourth-order valence-corrected chi connectivity index (χ4v) is 7.93. The Morgan fingerprint density at radius 2 is 1.08 bits per heavy atom. The quantitative estimate of drug-likeness (QED) is 0.0478. The van der Waals surface area contributed by atoms with Gasteiger partial charge in [0.25, 0.3) is 10.1 Å². The predicted molar refractivity (Wildman–Crippen MR) is 200 cm³/mol. The molecule has 0 radical (unpaired) electrons. The van der Waals surface area contributed by atoms with Crippen molar-refractivity contribution in [2.75, 3.05) is 13.2 Å². The number of unbranched alkanes of at least 4 members (excludes halogenated alkanes) is 11. The third kappa shape index (κ3) is 11.4. The van der Waals surface area contributed by atoms with Gasteiger partial charge in [-0.25, -0.2) is 0 Å². The summed E-state index contributed by atoms with van der Waals surface area (Å²) in [6.07, 6.45) is 14.6. The van der Waals surface area contributed by atoms with Crippen LogP contribution < -0.4 is 0 Å². The molecule has 0 aliphatic heterocycles. The summed E-state index contributed by atoms with van der Waals surface area (Å²) < 4.78 is 40.1. The average molecular weight is 685 g/mol. The van der Waals surface area contributed by atoms with Crippen molar-refractivity contribution < 1.29 is 22.4 Å². The van der Waals surface area contributed by atoms with Gasteiger partial charge in [-0.2, -0.15) is 8.42 Å². The number of benzene rings is 4. The van der Waals surface area contributed by atoms with E-state index in [0.717, 1.165) is 47.1 Å². The molecular formula is C43H56O5S. The second-order valence-electron chi connectivity index (χ2n) is 13.2. The van der Waals surface area contributed by atoms with E-state index >= 15 is 0 Å². The second kappa shape index (κ2) is 20.4. The Kier molecular flexibility index (Phi) is 16.0. The highest BCUT2D eigenvalue weighted by Gasteiger charge is 2.39. The zero-order valence-electron chi connectivity index (χ0n) is 29.6. The van der Waals surface area contributed by atoms with E-state index < -0.39 is 28.4 Å². The molecule has 4 rings (SSSR count). The molecule has 0 aromatic heterocycles. The van der Waals surface area contributed by atoms with Gasteiger partial charge in [0, 0.05) is 0 Å². The Balaban J connectivity index is 1.42. The molecule has 5 nitrogen and oxygen atoms in total. The molecule has 0 bridgehead atoms. The second-order valence-corrected chi connectivity index (χ2v) is 14.7. The number of ether oxygens (including phenoxy) is 1. The van der Waals surface area contributed by atoms with Gasteiger partial charge >= 0.3 is 0 Å². The van der Waals surface area contributed by atoms with Crippen LogP contribution >= 0.6 is 0 Å². The summed E-state index contributed by atoms with van der Waals surface area (Å²) in [5, 5.41) is 10.4. The van der Waals surface area contributed by atoms with E-state index in [1.165, 1.54) is 57.8 Å². The lowest BCUT2D eigenvalue weighted by Crippen LogP contribution is -2.38. The van der Waals surface area contributed by atoms with Crippen LogP contribution in [0.1, 0.15) is 112 Å². The molecule has 0 saturated heterocycles. The van der Waals surface area contributed by atoms with Crippen LogP contribution in [0.3, 0.4) is 0 Å². The summed E-state index contributed by atoms with van der Waals surface area (Å²) in [6.45, 7) is 3.55. The van der Waals surface area contributed by atoms with Crippen LogP contribution in [-0.4, -0.2) is 32.8 Å². The van der Waals surface area contributed by atoms with Crippen molar-refractivity contribution in [1.82, 2.24) is 0 Å². The average Bonchev–Trinajstić information content (AvgIpc) is 3.13. The molecule has 0 amide bonds. The van der Waals surface area contributed by atoms with E-state index in [4.69, 9.17) is 8.92 Å². The molecule has 0 aliphatic rings. The monoisotopic (exact) mass is 684 g/mol. The van der Waals surface area contributed by atoms with Gasteiger partial charge in [-0.15, -0.1) is 0 Å². The van der Waals surface area contributed by atoms with Crippen LogP contribution in [0.5, 0.6) is 0 Å². The minimum Gasteiger partial charge on any atom is -0.394 e. The molecule has 0 spiro atoms. The van der Waals surface area contributed by atoms with Crippen molar-refractivity contribution >= 4 is 10.1 Å². The molecule has 49 heavy (non-hydrogen) atoms. The van der Waals surface area contributed by atoms with Crippen LogP contribution in [0.2, 0.25) is 0 Å². The summed E-state index contributed by atoms with van der Waals surface area (Å²) in [5.41, 5.74) is 3.36. The van der Waals surface area contributed by atoms with Gasteiger partial charge in [0.2, 0.25) is 0 Å². The highest BCUT2D eigenvalue weighted by atomic mass is 32.2. The number of aryl methyl sites for hydroxylation is 2. The van der Waals surface area contributed by atoms with Crippen molar-refractivity contribution in [3.63, 3.8) is 0 Å². The molecule has 0 saturated carbocycles. The number of hydrogen-bond donors (Lipinski definition) is 1. The molecule has 1 N–H and O–H groups in total. The molecule has 264 valence electrons. The van der Waals surface area contributed by atoms with Crippen molar-refractivity contribution in [1.29, 1.82) is 0 Å². The van der Waals surface area contributed by atoms with E-state index in [9.17, 15) is 13.5 Å². The Morgan fingerprint density at radius 3 is 1.53 bits per heavy atom. The Bertz CT molecular complexity index is 1490. The summed E-state index contributed by atoms with van der Waals surface area (Å²) in [5.74, 6) is 0. The maximum atomic E-state index is 13.8. The summed E-state index contributed by atoms with van der Waals surface area (Å²) in [4.78, 5) is 0.167. The highest BCUT2D eigenvalue weighted by molar-refractivity contribution is 7.86. The van der Waals surface area contributed by atoms with Crippen molar-refractivity contribution in [2.45, 2.75) is 114 Å². The number of rotatable bonds is 23. The summed E-state index contributed by atoms with van der Waals surface area (Å²) in [7, 11) is -4.19. The number of aliphatic hydroxyl groups excluding tert-OH is 1. The zero-order chi connectivity index (χ0) is 34.8. The molecule has 0 heterocycles. The van der Waals surface area contributed by atoms with Gasteiger partial charge in [0.05, 0.1) is 18.1 Å². The fourth-order valence-electron chi connectivity index (χ4n) is 6.63. The van der Waals surface area contributed by atoms with E-state index in [1.54, 1.807) is 12.1 Å². The molecule has 4 aromatic carbocycles. The number of aliphatic hydroxyl groups is 1. The first kappa shape index (κ1) is 38.5. The van der Waals surface area contributed by atoms with Gasteiger partial charge in [-0.05, 0) is 48.1 Å². The topological polar surface area (TPSA) is 72.8 Å². The largest absolute Gasteiger partial charge is 0.394 e. The van der Waals surface area contributed by atoms with E-state index in [0.29, 0.717) is 6.42 Å². The smallest absolute Gasteiger partial charge is 0.297 e. The van der Waals surface area contributed by atoms with Crippen LogP contribution in [0.25, 0.3) is 0 Å². The first-order chi connectivity index (χ1) is 23.9. The van der Waals surface area contributed by atoms with Crippen molar-refractivity contribution in [3.8, 4) is 0 Å². The van der Waals surface area contributed by atoms with Gasteiger partial charge in [-0.3, -0.25) is 4.18 Å². The first-order valence-corrected chi connectivity index (χ1v) is 19.8. The SMILES string of the molecule is CCCCCCCCCCCCCCc1cc(C)ccc1S(=O)(=O)OC(CO)COC(c1ccccc1)(c1ccccc1)c1ccccc1. The Morgan fingerprint density at radius 1 is 0.633 bits per heavy atom. The molecule has 0 aliphatic carbocycles.